The predicted octanol–water partition coefficient (Wildman–Crippen LogP) is 16.6. The Hall–Kier alpha value is -2.35. The summed E-state index contributed by atoms with van der Waals surface area (Å²) in [5, 5.41) is 0. The van der Waals surface area contributed by atoms with E-state index in [1.165, 1.54) is 70.6 Å². The highest BCUT2D eigenvalue weighted by Gasteiger charge is 2.59. The number of rotatable bonds is 25. The van der Waals surface area contributed by atoms with Crippen molar-refractivity contribution in [1.29, 1.82) is 0 Å². The SMILES string of the molecule is CC/C=C\C/C=C\C/C=C\C/C=C\C/C=C\C/C=C\CCCCCCC(=O)OC1CCC2(C)C(=CCC3C2CCC2(C)C(C(C)CCC(CC)C(C)C)CCC32)C1. The zero-order chi connectivity index (χ0) is 40.9. The molecule has 2 nitrogen and oxygen atoms in total. The van der Waals surface area contributed by atoms with Gasteiger partial charge in [-0.25, -0.2) is 0 Å². The molecule has 0 N–H and O–H groups in total. The van der Waals surface area contributed by atoms with Crippen LogP contribution in [-0.4, -0.2) is 12.1 Å². The number of hydrogen-bond acceptors (Lipinski definition) is 2. The first-order valence-corrected chi connectivity index (χ1v) is 24.4. The van der Waals surface area contributed by atoms with Crippen molar-refractivity contribution in [2.75, 3.05) is 0 Å². The van der Waals surface area contributed by atoms with Crippen molar-refractivity contribution in [3.63, 3.8) is 0 Å². The molecule has 9 unspecified atom stereocenters. The summed E-state index contributed by atoms with van der Waals surface area (Å²) in [5.74, 6) is 6.07. The highest BCUT2D eigenvalue weighted by atomic mass is 16.5. The number of allylic oxidation sites excluding steroid dienone is 13. The van der Waals surface area contributed by atoms with Gasteiger partial charge in [0.2, 0.25) is 0 Å². The summed E-state index contributed by atoms with van der Waals surface area (Å²) in [4.78, 5) is 12.9. The van der Waals surface area contributed by atoms with Gasteiger partial charge in [-0.2, -0.15) is 0 Å². The number of fused-ring (bicyclic) bond motifs is 5. The fraction of sp³-hybridized carbons (Fsp3) is 0.727. The second-order valence-corrected chi connectivity index (χ2v) is 19.7. The van der Waals surface area contributed by atoms with Gasteiger partial charge in [-0.1, -0.05) is 159 Å². The quantitative estimate of drug-likeness (QED) is 0.0524. The number of esters is 1. The third kappa shape index (κ3) is 14.4. The van der Waals surface area contributed by atoms with E-state index in [4.69, 9.17) is 4.74 Å². The molecule has 0 aromatic rings. The van der Waals surface area contributed by atoms with Crippen LogP contribution in [0.4, 0.5) is 0 Å². The zero-order valence-electron chi connectivity index (χ0n) is 38.2. The van der Waals surface area contributed by atoms with Crippen LogP contribution >= 0.6 is 0 Å². The highest BCUT2D eigenvalue weighted by Crippen LogP contribution is 2.67. The van der Waals surface area contributed by atoms with Crippen LogP contribution in [0.1, 0.15) is 196 Å². The molecule has 0 spiro atoms. The van der Waals surface area contributed by atoms with E-state index >= 15 is 0 Å². The Morgan fingerprint density at radius 2 is 1.33 bits per heavy atom. The Bertz CT molecular complexity index is 1370. The summed E-state index contributed by atoms with van der Waals surface area (Å²) < 4.78 is 6.15. The smallest absolute Gasteiger partial charge is 0.306 e. The molecular formula is C55H88O2. The number of hydrogen-bond donors (Lipinski definition) is 0. The summed E-state index contributed by atoms with van der Waals surface area (Å²) in [6.07, 6.45) is 56.6. The van der Waals surface area contributed by atoms with Crippen molar-refractivity contribution in [1.82, 2.24) is 0 Å². The average Bonchev–Trinajstić information content (AvgIpc) is 3.55. The van der Waals surface area contributed by atoms with Gasteiger partial charge in [-0.3, -0.25) is 4.79 Å². The van der Waals surface area contributed by atoms with E-state index in [9.17, 15) is 4.79 Å². The van der Waals surface area contributed by atoms with E-state index < -0.39 is 0 Å². The van der Waals surface area contributed by atoms with Crippen LogP contribution in [0, 0.1) is 52.3 Å². The number of carbonyl (C=O) groups excluding carboxylic acids is 1. The molecule has 4 aliphatic carbocycles. The molecule has 0 aliphatic heterocycles. The minimum Gasteiger partial charge on any atom is -0.462 e. The molecule has 0 radical (unpaired) electrons. The third-order valence-corrected chi connectivity index (χ3v) is 15.7. The fourth-order valence-corrected chi connectivity index (χ4v) is 12.2. The molecule has 9 atom stereocenters. The van der Waals surface area contributed by atoms with Crippen molar-refractivity contribution < 1.29 is 9.53 Å². The summed E-state index contributed by atoms with van der Waals surface area (Å²) in [6, 6.07) is 0. The van der Waals surface area contributed by atoms with Crippen molar-refractivity contribution >= 4 is 5.97 Å². The standard InChI is InChI=1S/C55H88O2/c1-8-10-11-12-13-14-15-16-17-18-19-20-21-22-23-24-25-26-27-28-29-30-31-32-53(56)57-48-39-41-54(6)47(43-48)35-36-49-51-38-37-50(55(51,7)42-40-52(49)54)45(5)33-34-46(9-2)44(3)4/h10-11,13-14,16-17,19-20,22-23,25-26,35,44-46,48-52H,8-9,12,15,18,21,24,27-34,36-43H2,1-7H3/b11-10-,14-13-,17-16-,20-19-,23-22-,26-25-. The van der Waals surface area contributed by atoms with Crippen molar-refractivity contribution in [2.24, 2.45) is 52.3 Å². The van der Waals surface area contributed by atoms with E-state index in [0.29, 0.717) is 17.3 Å². The number of unbranched alkanes of at least 4 members (excludes halogenated alkanes) is 4. The zero-order valence-corrected chi connectivity index (χ0v) is 38.2. The van der Waals surface area contributed by atoms with E-state index in [1.54, 1.807) is 5.57 Å². The van der Waals surface area contributed by atoms with E-state index in [2.05, 4.69) is 127 Å². The summed E-state index contributed by atoms with van der Waals surface area (Å²) in [5.41, 5.74) is 2.47. The first kappa shape index (κ1) is 47.3. The lowest BCUT2D eigenvalue weighted by Gasteiger charge is -2.58. The average molecular weight is 781 g/mol. The predicted molar refractivity (Wildman–Crippen MR) is 248 cm³/mol. The minimum atomic E-state index is 0.0352. The largest absolute Gasteiger partial charge is 0.462 e. The molecule has 3 fully saturated rings. The van der Waals surface area contributed by atoms with Crippen molar-refractivity contribution in [3.8, 4) is 0 Å². The van der Waals surface area contributed by atoms with Crippen LogP contribution in [0.25, 0.3) is 0 Å². The van der Waals surface area contributed by atoms with Gasteiger partial charge in [-0.15, -0.1) is 0 Å². The van der Waals surface area contributed by atoms with Crippen LogP contribution in [0.2, 0.25) is 0 Å². The van der Waals surface area contributed by atoms with E-state index in [0.717, 1.165) is 112 Å². The van der Waals surface area contributed by atoms with Gasteiger partial charge < -0.3 is 4.74 Å². The highest BCUT2D eigenvalue weighted by molar-refractivity contribution is 5.69. The second kappa shape index (κ2) is 25.3. The molecule has 2 heteroatoms. The lowest BCUT2D eigenvalue weighted by Crippen LogP contribution is -2.51. The van der Waals surface area contributed by atoms with E-state index in [1.807, 2.05) is 0 Å². The van der Waals surface area contributed by atoms with Crippen LogP contribution in [0.5, 0.6) is 0 Å². The topological polar surface area (TPSA) is 26.3 Å². The fourth-order valence-electron chi connectivity index (χ4n) is 12.2. The maximum atomic E-state index is 12.9. The molecule has 0 aromatic heterocycles. The van der Waals surface area contributed by atoms with Gasteiger partial charge in [0.05, 0.1) is 0 Å². The second-order valence-electron chi connectivity index (χ2n) is 19.7. The normalized spacial score (nSPS) is 30.2. The maximum absolute atomic E-state index is 12.9. The molecule has 4 aliphatic rings. The van der Waals surface area contributed by atoms with Crippen LogP contribution in [0.3, 0.4) is 0 Å². The Kier molecular flexibility index (Phi) is 21.0. The first-order chi connectivity index (χ1) is 27.6. The molecule has 0 saturated heterocycles. The molecule has 0 aromatic carbocycles. The van der Waals surface area contributed by atoms with Crippen molar-refractivity contribution in [3.05, 3.63) is 84.6 Å². The molecule has 0 bridgehead atoms. The number of carbonyl (C=O) groups is 1. The molecule has 0 heterocycles. The Labute approximate surface area is 353 Å². The Balaban J connectivity index is 1.05. The Morgan fingerprint density at radius 1 is 0.719 bits per heavy atom. The molecule has 3 saturated carbocycles. The number of ether oxygens (including phenoxy) is 1. The summed E-state index contributed by atoms with van der Waals surface area (Å²) in [6.45, 7) is 17.3. The van der Waals surface area contributed by atoms with Crippen LogP contribution < -0.4 is 0 Å². The molecule has 57 heavy (non-hydrogen) atoms. The lowest BCUT2D eigenvalue weighted by atomic mass is 9.47. The van der Waals surface area contributed by atoms with Gasteiger partial charge in [0.15, 0.2) is 0 Å². The van der Waals surface area contributed by atoms with Gasteiger partial charge in [0, 0.05) is 12.8 Å². The van der Waals surface area contributed by atoms with Gasteiger partial charge in [0.25, 0.3) is 0 Å². The maximum Gasteiger partial charge on any atom is 0.306 e. The molecule has 0 amide bonds. The van der Waals surface area contributed by atoms with Crippen LogP contribution in [-0.2, 0) is 9.53 Å². The summed E-state index contributed by atoms with van der Waals surface area (Å²) >= 11 is 0. The first-order valence-electron chi connectivity index (χ1n) is 24.4. The minimum absolute atomic E-state index is 0.0352. The molecule has 4 rings (SSSR count). The van der Waals surface area contributed by atoms with Crippen LogP contribution in [0.15, 0.2) is 84.6 Å². The van der Waals surface area contributed by atoms with Crippen molar-refractivity contribution in [2.45, 2.75) is 202 Å². The van der Waals surface area contributed by atoms with Gasteiger partial charge in [-0.05, 0) is 161 Å². The van der Waals surface area contributed by atoms with Gasteiger partial charge >= 0.3 is 5.97 Å². The Morgan fingerprint density at radius 3 is 1.95 bits per heavy atom. The van der Waals surface area contributed by atoms with Gasteiger partial charge in [0.1, 0.15) is 6.10 Å². The summed E-state index contributed by atoms with van der Waals surface area (Å²) in [7, 11) is 0. The van der Waals surface area contributed by atoms with E-state index in [-0.39, 0.29) is 12.1 Å². The monoisotopic (exact) mass is 781 g/mol. The molecular weight excluding hydrogens is 693 g/mol. The lowest BCUT2D eigenvalue weighted by molar-refractivity contribution is -0.151. The third-order valence-electron chi connectivity index (χ3n) is 15.7. The molecule has 320 valence electrons.